The molecule has 3 heteroatoms. The molecule has 0 spiro atoms. The first-order valence-electron chi connectivity index (χ1n) is 6.68. The highest BCUT2D eigenvalue weighted by atomic mass is 32.2. The molecule has 0 saturated carbocycles. The summed E-state index contributed by atoms with van der Waals surface area (Å²) in [4.78, 5) is 4.65. The molecule has 98 valence electrons. The monoisotopic (exact) mass is 262 g/mol. The summed E-state index contributed by atoms with van der Waals surface area (Å²) in [6.45, 7) is 7.44. The van der Waals surface area contributed by atoms with Gasteiger partial charge < -0.3 is 5.32 Å². The van der Waals surface area contributed by atoms with Crippen molar-refractivity contribution >= 4 is 16.9 Å². The standard InChI is InChI=1S/C15H22N2S/c1-11(2)14-6-4-13(5-7-14)10-16-15-17-12(3)8-9-18-15/h4-7,11-12H,8-10H2,1-3H3,(H,16,17). The van der Waals surface area contributed by atoms with Crippen LogP contribution in [0.2, 0.25) is 0 Å². The predicted octanol–water partition coefficient (Wildman–Crippen LogP) is 3.78. The van der Waals surface area contributed by atoms with E-state index in [1.807, 2.05) is 11.8 Å². The number of thioether (sulfide) groups is 1. The molecule has 1 aromatic rings. The van der Waals surface area contributed by atoms with Crippen LogP contribution in [0.25, 0.3) is 0 Å². The SMILES string of the molecule is CC1CCSC(=NCc2ccc(C(C)C)cc2)N1. The molecule has 2 nitrogen and oxygen atoms in total. The molecule has 2 rings (SSSR count). The largest absolute Gasteiger partial charge is 0.362 e. The fourth-order valence-electron chi connectivity index (χ4n) is 1.92. The van der Waals surface area contributed by atoms with Crippen molar-refractivity contribution in [1.29, 1.82) is 0 Å². The van der Waals surface area contributed by atoms with Crippen LogP contribution in [-0.4, -0.2) is 17.0 Å². The zero-order chi connectivity index (χ0) is 13.0. The average Bonchev–Trinajstić information content (AvgIpc) is 2.37. The molecule has 18 heavy (non-hydrogen) atoms. The Morgan fingerprint density at radius 1 is 1.33 bits per heavy atom. The number of nitrogens with one attached hydrogen (secondary N) is 1. The number of amidine groups is 1. The summed E-state index contributed by atoms with van der Waals surface area (Å²) in [5, 5.41) is 4.53. The Morgan fingerprint density at radius 2 is 2.06 bits per heavy atom. The molecule has 1 aliphatic heterocycles. The second-order valence-corrected chi connectivity index (χ2v) is 6.28. The van der Waals surface area contributed by atoms with Crippen molar-refractivity contribution < 1.29 is 0 Å². The quantitative estimate of drug-likeness (QED) is 0.896. The van der Waals surface area contributed by atoms with Crippen molar-refractivity contribution in [2.75, 3.05) is 5.75 Å². The second kappa shape index (κ2) is 6.28. The zero-order valence-electron chi connectivity index (χ0n) is 11.4. The van der Waals surface area contributed by atoms with E-state index in [4.69, 9.17) is 0 Å². The molecule has 0 aromatic heterocycles. The summed E-state index contributed by atoms with van der Waals surface area (Å²) in [5.74, 6) is 1.78. The van der Waals surface area contributed by atoms with E-state index < -0.39 is 0 Å². The van der Waals surface area contributed by atoms with E-state index in [0.29, 0.717) is 12.0 Å². The Labute approximate surface area is 114 Å². The number of aliphatic imine (C=N–C) groups is 1. The van der Waals surface area contributed by atoms with Crippen molar-refractivity contribution in [3.8, 4) is 0 Å². The summed E-state index contributed by atoms with van der Waals surface area (Å²) < 4.78 is 0. The van der Waals surface area contributed by atoms with Gasteiger partial charge >= 0.3 is 0 Å². The van der Waals surface area contributed by atoms with Gasteiger partial charge in [0.15, 0.2) is 5.17 Å². The molecule has 1 atom stereocenters. The highest BCUT2D eigenvalue weighted by Gasteiger charge is 2.12. The van der Waals surface area contributed by atoms with E-state index in [0.717, 1.165) is 11.7 Å². The smallest absolute Gasteiger partial charge is 0.157 e. The summed E-state index contributed by atoms with van der Waals surface area (Å²) in [6.07, 6.45) is 1.23. The summed E-state index contributed by atoms with van der Waals surface area (Å²) in [6, 6.07) is 9.37. The Morgan fingerprint density at radius 3 is 2.67 bits per heavy atom. The lowest BCUT2D eigenvalue weighted by atomic mass is 10.0. The number of rotatable bonds is 3. The molecule has 0 amide bonds. The predicted molar refractivity (Wildman–Crippen MR) is 81.3 cm³/mol. The van der Waals surface area contributed by atoms with Crippen LogP contribution in [0.3, 0.4) is 0 Å². The molecule has 0 radical (unpaired) electrons. The number of benzene rings is 1. The normalized spacial score (nSPS) is 22.2. The number of nitrogens with zero attached hydrogens (tertiary/aromatic N) is 1. The van der Waals surface area contributed by atoms with E-state index in [1.54, 1.807) is 0 Å². The first-order chi connectivity index (χ1) is 8.65. The van der Waals surface area contributed by atoms with Gasteiger partial charge in [-0.15, -0.1) is 0 Å². The van der Waals surface area contributed by atoms with Gasteiger partial charge in [0.2, 0.25) is 0 Å². The third-order valence-electron chi connectivity index (χ3n) is 3.21. The van der Waals surface area contributed by atoms with Gasteiger partial charge in [-0.1, -0.05) is 49.9 Å². The number of hydrogen-bond acceptors (Lipinski definition) is 2. The van der Waals surface area contributed by atoms with E-state index in [-0.39, 0.29) is 0 Å². The molecular formula is C15H22N2S. The van der Waals surface area contributed by atoms with Crippen molar-refractivity contribution in [1.82, 2.24) is 5.32 Å². The average molecular weight is 262 g/mol. The fraction of sp³-hybridized carbons (Fsp3) is 0.533. The van der Waals surface area contributed by atoms with Crippen LogP contribution in [0, 0.1) is 0 Å². The van der Waals surface area contributed by atoms with Crippen LogP contribution < -0.4 is 5.32 Å². The van der Waals surface area contributed by atoms with Gasteiger partial charge in [0.1, 0.15) is 0 Å². The molecule has 1 aromatic carbocycles. The number of hydrogen-bond donors (Lipinski definition) is 1. The summed E-state index contributed by atoms with van der Waals surface area (Å²) in [5.41, 5.74) is 2.68. The van der Waals surface area contributed by atoms with Crippen LogP contribution in [0.15, 0.2) is 29.3 Å². The van der Waals surface area contributed by atoms with E-state index in [2.05, 4.69) is 55.3 Å². The highest BCUT2D eigenvalue weighted by molar-refractivity contribution is 8.13. The molecule has 1 fully saturated rings. The molecule has 1 heterocycles. The van der Waals surface area contributed by atoms with Crippen LogP contribution in [0.5, 0.6) is 0 Å². The maximum absolute atomic E-state index is 4.65. The van der Waals surface area contributed by atoms with Crippen molar-refractivity contribution in [2.45, 2.75) is 45.7 Å². The van der Waals surface area contributed by atoms with Crippen molar-refractivity contribution in [3.63, 3.8) is 0 Å². The van der Waals surface area contributed by atoms with Crippen molar-refractivity contribution in [3.05, 3.63) is 35.4 Å². The maximum atomic E-state index is 4.65. The van der Waals surface area contributed by atoms with Gasteiger partial charge in [0.25, 0.3) is 0 Å². The Balaban J connectivity index is 1.95. The van der Waals surface area contributed by atoms with Gasteiger partial charge in [-0.3, -0.25) is 4.99 Å². The highest BCUT2D eigenvalue weighted by Crippen LogP contribution is 2.17. The Kier molecular flexibility index (Phi) is 4.70. The lowest BCUT2D eigenvalue weighted by molar-refractivity contribution is 0.642. The summed E-state index contributed by atoms with van der Waals surface area (Å²) >= 11 is 1.83. The van der Waals surface area contributed by atoms with E-state index >= 15 is 0 Å². The van der Waals surface area contributed by atoms with Crippen LogP contribution >= 0.6 is 11.8 Å². The molecule has 1 N–H and O–H groups in total. The molecule has 0 aliphatic carbocycles. The lowest BCUT2D eigenvalue weighted by Gasteiger charge is -2.21. The zero-order valence-corrected chi connectivity index (χ0v) is 12.3. The van der Waals surface area contributed by atoms with Crippen LogP contribution in [0.4, 0.5) is 0 Å². The molecule has 1 aliphatic rings. The minimum absolute atomic E-state index is 0.563. The Hall–Kier alpha value is -0.960. The molecule has 1 saturated heterocycles. The fourth-order valence-corrected chi connectivity index (χ4v) is 3.02. The van der Waals surface area contributed by atoms with E-state index in [1.165, 1.54) is 23.3 Å². The van der Waals surface area contributed by atoms with Crippen molar-refractivity contribution in [2.24, 2.45) is 4.99 Å². The van der Waals surface area contributed by atoms with E-state index in [9.17, 15) is 0 Å². The second-order valence-electron chi connectivity index (χ2n) is 5.20. The molecule has 1 unspecified atom stereocenters. The third kappa shape index (κ3) is 3.77. The van der Waals surface area contributed by atoms with Crippen LogP contribution in [-0.2, 0) is 6.54 Å². The maximum Gasteiger partial charge on any atom is 0.157 e. The first-order valence-corrected chi connectivity index (χ1v) is 7.66. The summed E-state index contributed by atoms with van der Waals surface area (Å²) in [7, 11) is 0. The van der Waals surface area contributed by atoms with Gasteiger partial charge in [-0.2, -0.15) is 0 Å². The topological polar surface area (TPSA) is 24.4 Å². The van der Waals surface area contributed by atoms with Crippen LogP contribution in [0.1, 0.15) is 44.2 Å². The Bertz CT molecular complexity index is 409. The van der Waals surface area contributed by atoms with Gasteiger partial charge in [0, 0.05) is 11.8 Å². The molecule has 0 bridgehead atoms. The minimum Gasteiger partial charge on any atom is -0.362 e. The van der Waals surface area contributed by atoms with Gasteiger partial charge in [0.05, 0.1) is 6.54 Å². The lowest BCUT2D eigenvalue weighted by Crippen LogP contribution is -2.35. The first kappa shape index (κ1) is 13.5. The third-order valence-corrected chi connectivity index (χ3v) is 4.17. The minimum atomic E-state index is 0.563. The molecular weight excluding hydrogens is 240 g/mol. The van der Waals surface area contributed by atoms with Gasteiger partial charge in [-0.25, -0.2) is 0 Å². The van der Waals surface area contributed by atoms with Gasteiger partial charge in [-0.05, 0) is 30.4 Å².